The van der Waals surface area contributed by atoms with Gasteiger partial charge in [0.25, 0.3) is 0 Å². The van der Waals surface area contributed by atoms with Crippen LogP contribution in [0.3, 0.4) is 0 Å². The van der Waals surface area contributed by atoms with Crippen molar-refractivity contribution in [2.75, 3.05) is 25.0 Å². The zero-order chi connectivity index (χ0) is 15.6. The third-order valence-corrected chi connectivity index (χ3v) is 4.46. The van der Waals surface area contributed by atoms with Gasteiger partial charge in [-0.25, -0.2) is 0 Å². The Balaban J connectivity index is 1.80. The SMILES string of the molecule is CC(C(=O)O)C1CN(CC(=O)Nc2ccc(Br)cc2Cl)C1. The number of amides is 1. The number of likely N-dealkylation sites (tertiary alicyclic amines) is 1. The molecule has 5 nitrogen and oxygen atoms in total. The van der Waals surface area contributed by atoms with Crippen molar-refractivity contribution in [1.29, 1.82) is 0 Å². The van der Waals surface area contributed by atoms with Crippen LogP contribution in [0, 0.1) is 11.8 Å². The van der Waals surface area contributed by atoms with Crippen LogP contribution in [-0.2, 0) is 9.59 Å². The van der Waals surface area contributed by atoms with Crippen molar-refractivity contribution in [2.45, 2.75) is 6.92 Å². The fraction of sp³-hybridized carbons (Fsp3) is 0.429. The summed E-state index contributed by atoms with van der Waals surface area (Å²) in [4.78, 5) is 24.7. The van der Waals surface area contributed by atoms with Crippen LogP contribution in [0.2, 0.25) is 5.02 Å². The normalized spacial score (nSPS) is 17.1. The lowest BCUT2D eigenvalue weighted by molar-refractivity contribution is -0.145. The molecule has 21 heavy (non-hydrogen) atoms. The molecule has 0 radical (unpaired) electrons. The standard InChI is InChI=1S/C14H16BrClN2O3/c1-8(14(20)21)9-5-18(6-9)7-13(19)17-12-3-2-10(15)4-11(12)16/h2-4,8-9H,5-7H2,1H3,(H,17,19)(H,20,21). The van der Waals surface area contributed by atoms with Crippen LogP contribution in [0.25, 0.3) is 0 Å². The Hall–Kier alpha value is -1.11. The van der Waals surface area contributed by atoms with Gasteiger partial charge in [0.05, 0.1) is 23.2 Å². The van der Waals surface area contributed by atoms with Crippen molar-refractivity contribution in [1.82, 2.24) is 4.90 Å². The number of carboxylic acids is 1. The summed E-state index contributed by atoms with van der Waals surface area (Å²) in [5.41, 5.74) is 0.570. The summed E-state index contributed by atoms with van der Waals surface area (Å²) in [5, 5.41) is 12.1. The fourth-order valence-electron chi connectivity index (χ4n) is 2.24. The number of carbonyl (C=O) groups excluding carboxylic acids is 1. The van der Waals surface area contributed by atoms with Gasteiger partial charge in [0.1, 0.15) is 0 Å². The van der Waals surface area contributed by atoms with E-state index in [1.807, 2.05) is 4.90 Å². The van der Waals surface area contributed by atoms with E-state index >= 15 is 0 Å². The first-order chi connectivity index (χ1) is 9.86. The lowest BCUT2D eigenvalue weighted by Gasteiger charge is -2.40. The minimum Gasteiger partial charge on any atom is -0.481 e. The summed E-state index contributed by atoms with van der Waals surface area (Å²) in [6, 6.07) is 5.25. The van der Waals surface area contributed by atoms with Crippen LogP contribution in [-0.4, -0.2) is 41.5 Å². The van der Waals surface area contributed by atoms with Gasteiger partial charge < -0.3 is 10.4 Å². The number of hydrogen-bond donors (Lipinski definition) is 2. The van der Waals surface area contributed by atoms with Gasteiger partial charge in [-0.1, -0.05) is 34.5 Å². The third-order valence-electron chi connectivity index (χ3n) is 3.65. The fourth-order valence-corrected chi connectivity index (χ4v) is 2.96. The number of aliphatic carboxylic acids is 1. The van der Waals surface area contributed by atoms with Gasteiger partial charge in [-0.2, -0.15) is 0 Å². The Kier molecular flexibility index (Phi) is 5.24. The molecule has 1 aliphatic heterocycles. The van der Waals surface area contributed by atoms with E-state index in [1.165, 1.54) is 0 Å². The predicted octanol–water partition coefficient (Wildman–Crippen LogP) is 2.69. The first kappa shape index (κ1) is 16.3. The smallest absolute Gasteiger partial charge is 0.306 e. The minimum absolute atomic E-state index is 0.117. The van der Waals surface area contributed by atoms with Gasteiger partial charge in [0.15, 0.2) is 0 Å². The molecule has 0 saturated carbocycles. The molecule has 1 aromatic rings. The molecule has 114 valence electrons. The molecular formula is C14H16BrClN2O3. The van der Waals surface area contributed by atoms with Crippen LogP contribution in [0.1, 0.15) is 6.92 Å². The maximum absolute atomic E-state index is 11.9. The van der Waals surface area contributed by atoms with Gasteiger partial charge in [-0.05, 0) is 24.1 Å². The number of nitrogens with zero attached hydrogens (tertiary/aromatic N) is 1. The summed E-state index contributed by atoms with van der Waals surface area (Å²) in [6.07, 6.45) is 0. The second kappa shape index (κ2) is 6.77. The molecule has 1 saturated heterocycles. The van der Waals surface area contributed by atoms with Gasteiger partial charge in [0, 0.05) is 17.6 Å². The Labute approximate surface area is 136 Å². The lowest BCUT2D eigenvalue weighted by atomic mass is 9.87. The molecule has 1 fully saturated rings. The van der Waals surface area contributed by atoms with E-state index < -0.39 is 5.97 Å². The summed E-state index contributed by atoms with van der Waals surface area (Å²) >= 11 is 9.34. The van der Waals surface area contributed by atoms with Gasteiger partial charge in [-0.15, -0.1) is 0 Å². The first-order valence-electron chi connectivity index (χ1n) is 6.57. The van der Waals surface area contributed by atoms with E-state index in [0.29, 0.717) is 23.8 Å². The summed E-state index contributed by atoms with van der Waals surface area (Å²) < 4.78 is 0.846. The molecule has 2 rings (SSSR count). The molecule has 0 bridgehead atoms. The molecule has 1 aromatic carbocycles. The van der Waals surface area contributed by atoms with E-state index in [9.17, 15) is 9.59 Å². The number of anilines is 1. The van der Waals surface area contributed by atoms with Crippen molar-refractivity contribution in [3.63, 3.8) is 0 Å². The highest BCUT2D eigenvalue weighted by Gasteiger charge is 2.35. The molecule has 0 aromatic heterocycles. The molecule has 1 atom stereocenters. The average molecular weight is 376 g/mol. The van der Waals surface area contributed by atoms with E-state index in [0.717, 1.165) is 4.47 Å². The second-order valence-corrected chi connectivity index (χ2v) is 6.58. The van der Waals surface area contributed by atoms with Crippen LogP contribution in [0.15, 0.2) is 22.7 Å². The number of benzene rings is 1. The third kappa shape index (κ3) is 4.18. The summed E-state index contributed by atoms with van der Waals surface area (Å²) in [5.74, 6) is -1.19. The van der Waals surface area contributed by atoms with Crippen LogP contribution < -0.4 is 5.32 Å². The van der Waals surface area contributed by atoms with E-state index in [-0.39, 0.29) is 24.3 Å². The number of nitrogens with one attached hydrogen (secondary N) is 1. The Morgan fingerprint density at radius 2 is 2.19 bits per heavy atom. The van der Waals surface area contributed by atoms with Crippen LogP contribution in [0.5, 0.6) is 0 Å². The largest absolute Gasteiger partial charge is 0.481 e. The number of carboxylic acid groups (broad SMARTS) is 1. The summed E-state index contributed by atoms with van der Waals surface area (Å²) in [7, 11) is 0. The second-order valence-electron chi connectivity index (χ2n) is 5.25. The zero-order valence-corrected chi connectivity index (χ0v) is 13.8. The number of carbonyl (C=O) groups is 2. The molecule has 1 unspecified atom stereocenters. The van der Waals surface area contributed by atoms with Gasteiger partial charge >= 0.3 is 5.97 Å². The quantitative estimate of drug-likeness (QED) is 0.830. The Morgan fingerprint density at radius 3 is 2.76 bits per heavy atom. The van der Waals surface area contributed by atoms with E-state index in [4.69, 9.17) is 16.7 Å². The minimum atomic E-state index is -0.786. The molecule has 2 N–H and O–H groups in total. The summed E-state index contributed by atoms with van der Waals surface area (Å²) in [6.45, 7) is 3.21. The monoisotopic (exact) mass is 374 g/mol. The van der Waals surface area contributed by atoms with Gasteiger partial charge in [-0.3, -0.25) is 14.5 Å². The first-order valence-corrected chi connectivity index (χ1v) is 7.74. The molecule has 7 heteroatoms. The molecule has 1 amide bonds. The van der Waals surface area contributed by atoms with Crippen LogP contribution >= 0.6 is 27.5 Å². The highest BCUT2D eigenvalue weighted by Crippen LogP contribution is 2.26. The Morgan fingerprint density at radius 1 is 1.52 bits per heavy atom. The van der Waals surface area contributed by atoms with Gasteiger partial charge in [0.2, 0.25) is 5.91 Å². The van der Waals surface area contributed by atoms with E-state index in [1.54, 1.807) is 25.1 Å². The molecule has 1 aliphatic rings. The molecular weight excluding hydrogens is 360 g/mol. The zero-order valence-electron chi connectivity index (χ0n) is 11.5. The van der Waals surface area contributed by atoms with Crippen molar-refractivity contribution in [2.24, 2.45) is 11.8 Å². The number of hydrogen-bond acceptors (Lipinski definition) is 3. The topological polar surface area (TPSA) is 69.6 Å². The van der Waals surface area contributed by atoms with Crippen molar-refractivity contribution in [3.8, 4) is 0 Å². The molecule has 1 heterocycles. The molecule has 0 aliphatic carbocycles. The highest BCUT2D eigenvalue weighted by molar-refractivity contribution is 9.10. The van der Waals surface area contributed by atoms with E-state index in [2.05, 4.69) is 21.2 Å². The number of halogens is 2. The molecule has 0 spiro atoms. The van der Waals surface area contributed by atoms with Crippen molar-refractivity contribution < 1.29 is 14.7 Å². The lowest BCUT2D eigenvalue weighted by Crippen LogP contribution is -2.53. The van der Waals surface area contributed by atoms with Crippen molar-refractivity contribution >= 4 is 45.1 Å². The Bertz CT molecular complexity index is 561. The van der Waals surface area contributed by atoms with Crippen molar-refractivity contribution in [3.05, 3.63) is 27.7 Å². The maximum atomic E-state index is 11.9. The average Bonchev–Trinajstić information content (AvgIpc) is 2.36. The highest BCUT2D eigenvalue weighted by atomic mass is 79.9. The predicted molar refractivity (Wildman–Crippen MR) is 84.5 cm³/mol. The number of rotatable bonds is 5. The maximum Gasteiger partial charge on any atom is 0.306 e. The van der Waals surface area contributed by atoms with Crippen LogP contribution in [0.4, 0.5) is 5.69 Å².